The summed E-state index contributed by atoms with van der Waals surface area (Å²) in [7, 11) is 0. The second-order valence-electron chi connectivity index (χ2n) is 6.60. The number of ether oxygens (including phenoxy) is 2. The Bertz CT molecular complexity index is 1190. The van der Waals surface area contributed by atoms with Gasteiger partial charge in [-0.15, -0.1) is 0 Å². The van der Waals surface area contributed by atoms with E-state index in [0.29, 0.717) is 11.1 Å². The van der Waals surface area contributed by atoms with E-state index in [1.165, 1.54) is 36.6 Å². The molecule has 0 radical (unpaired) electrons. The number of phenols is 1. The lowest BCUT2D eigenvalue weighted by Gasteiger charge is -2.30. The molecule has 0 fully saturated rings. The highest BCUT2D eigenvalue weighted by Crippen LogP contribution is 2.27. The minimum Gasteiger partial charge on any atom is -0.508 e. The Morgan fingerprint density at radius 1 is 1.07 bits per heavy atom. The summed E-state index contributed by atoms with van der Waals surface area (Å²) in [6, 6.07) is 10.4. The zero-order valence-corrected chi connectivity index (χ0v) is 15.3. The number of carboxylic acid groups (broad SMARTS) is 1. The molecule has 0 bridgehead atoms. The molecule has 0 saturated heterocycles. The van der Waals surface area contributed by atoms with Crippen LogP contribution in [-0.2, 0) is 9.53 Å². The number of aliphatic hydroxyl groups excluding tert-OH is 2. The van der Waals surface area contributed by atoms with Crippen LogP contribution in [0.15, 0.2) is 69.8 Å². The van der Waals surface area contributed by atoms with Crippen LogP contribution in [0.1, 0.15) is 0 Å². The first kappa shape index (κ1) is 19.5. The number of aliphatic carboxylic acids is 1. The first-order valence-corrected chi connectivity index (χ1v) is 8.83. The van der Waals surface area contributed by atoms with Crippen molar-refractivity contribution < 1.29 is 39.1 Å². The lowest BCUT2D eigenvalue weighted by atomic mass is 10.1. The Hall–Kier alpha value is -3.82. The minimum atomic E-state index is -1.52. The van der Waals surface area contributed by atoms with Crippen LogP contribution in [0, 0.1) is 0 Å². The summed E-state index contributed by atoms with van der Waals surface area (Å²) < 4.78 is 16.1. The van der Waals surface area contributed by atoms with E-state index in [0.717, 1.165) is 6.08 Å². The summed E-state index contributed by atoms with van der Waals surface area (Å²) in [6.07, 6.45) is -2.33. The maximum absolute atomic E-state index is 12.8. The third-order valence-electron chi connectivity index (χ3n) is 4.58. The third-order valence-corrected chi connectivity index (χ3v) is 4.58. The maximum atomic E-state index is 12.8. The van der Waals surface area contributed by atoms with Gasteiger partial charge in [0.25, 0.3) is 6.29 Å². The zero-order chi connectivity index (χ0) is 21.4. The molecule has 30 heavy (non-hydrogen) atoms. The number of benzene rings is 2. The number of rotatable bonds is 4. The predicted octanol–water partition coefficient (Wildman–Crippen LogP) is 1.59. The van der Waals surface area contributed by atoms with Crippen LogP contribution in [0.2, 0.25) is 0 Å². The molecule has 0 amide bonds. The number of carboxylic acids is 1. The maximum Gasteiger partial charge on any atom is 0.371 e. The molecule has 0 aliphatic carbocycles. The Kier molecular flexibility index (Phi) is 4.90. The molecule has 1 aromatic heterocycles. The van der Waals surface area contributed by atoms with Crippen molar-refractivity contribution in [3.8, 4) is 22.6 Å². The van der Waals surface area contributed by atoms with E-state index in [-0.39, 0.29) is 27.9 Å². The molecule has 1 aliphatic rings. The molecule has 154 valence electrons. The van der Waals surface area contributed by atoms with Crippen molar-refractivity contribution in [2.75, 3.05) is 0 Å². The molecule has 0 spiro atoms. The number of aliphatic hydroxyl groups is 2. The number of fused-ring (bicyclic) bond motifs is 1. The van der Waals surface area contributed by atoms with Crippen molar-refractivity contribution >= 4 is 16.9 Å². The Morgan fingerprint density at radius 2 is 1.80 bits per heavy atom. The molecule has 1 aliphatic heterocycles. The van der Waals surface area contributed by atoms with Crippen LogP contribution < -0.4 is 10.2 Å². The monoisotopic (exact) mass is 412 g/mol. The summed E-state index contributed by atoms with van der Waals surface area (Å²) in [5.41, 5.74) is 0.778. The summed E-state index contributed by atoms with van der Waals surface area (Å²) >= 11 is 0. The van der Waals surface area contributed by atoms with Gasteiger partial charge in [-0.25, -0.2) is 4.79 Å². The van der Waals surface area contributed by atoms with Crippen molar-refractivity contribution in [2.24, 2.45) is 0 Å². The highest BCUT2D eigenvalue weighted by molar-refractivity contribution is 5.84. The summed E-state index contributed by atoms with van der Waals surface area (Å²) in [5.74, 6) is -1.76. The van der Waals surface area contributed by atoms with Gasteiger partial charge < -0.3 is 34.3 Å². The Morgan fingerprint density at radius 3 is 2.50 bits per heavy atom. The van der Waals surface area contributed by atoms with Crippen LogP contribution in [0.25, 0.3) is 22.1 Å². The third kappa shape index (κ3) is 3.59. The largest absolute Gasteiger partial charge is 0.508 e. The zero-order valence-electron chi connectivity index (χ0n) is 15.3. The predicted molar refractivity (Wildman–Crippen MR) is 103 cm³/mol. The number of carbonyl (C=O) groups is 1. The molecule has 4 rings (SSSR count). The molecule has 0 saturated carbocycles. The highest BCUT2D eigenvalue weighted by Gasteiger charge is 2.36. The minimum absolute atomic E-state index is 0.0730. The molecule has 3 atom stereocenters. The molecule has 4 N–H and O–H groups in total. The first-order chi connectivity index (χ1) is 14.3. The molecule has 2 aromatic carbocycles. The van der Waals surface area contributed by atoms with Crippen LogP contribution in [0.3, 0.4) is 0 Å². The number of phenolic OH excluding ortho intramolecular Hbond substituents is 1. The van der Waals surface area contributed by atoms with Gasteiger partial charge in [-0.1, -0.05) is 12.1 Å². The van der Waals surface area contributed by atoms with Crippen molar-refractivity contribution in [3.05, 3.63) is 70.8 Å². The van der Waals surface area contributed by atoms with Crippen molar-refractivity contribution in [1.82, 2.24) is 0 Å². The number of hydrogen-bond acceptors (Lipinski definition) is 8. The van der Waals surface area contributed by atoms with Crippen LogP contribution in [-0.4, -0.2) is 44.9 Å². The van der Waals surface area contributed by atoms with Gasteiger partial charge in [-0.2, -0.15) is 0 Å². The molecule has 2 heterocycles. The van der Waals surface area contributed by atoms with Gasteiger partial charge in [0.1, 0.15) is 29.4 Å². The smallest absolute Gasteiger partial charge is 0.371 e. The fourth-order valence-electron chi connectivity index (χ4n) is 3.02. The fraction of sp³-hybridized carbons (Fsp3) is 0.143. The van der Waals surface area contributed by atoms with Gasteiger partial charge in [0.05, 0.1) is 10.9 Å². The molecule has 9 heteroatoms. The lowest BCUT2D eigenvalue weighted by Crippen LogP contribution is -2.45. The van der Waals surface area contributed by atoms with Crippen LogP contribution >= 0.6 is 0 Å². The second-order valence-corrected chi connectivity index (χ2v) is 6.60. The van der Waals surface area contributed by atoms with Crippen LogP contribution in [0.5, 0.6) is 11.5 Å². The summed E-state index contributed by atoms with van der Waals surface area (Å²) in [6.45, 7) is 0. The van der Waals surface area contributed by atoms with Crippen molar-refractivity contribution in [2.45, 2.75) is 18.5 Å². The number of hydrogen-bond donors (Lipinski definition) is 4. The van der Waals surface area contributed by atoms with E-state index >= 15 is 0 Å². The first-order valence-electron chi connectivity index (χ1n) is 8.83. The molecular weight excluding hydrogens is 396 g/mol. The van der Waals surface area contributed by atoms with Gasteiger partial charge in [-0.3, -0.25) is 4.79 Å². The molecule has 9 nitrogen and oxygen atoms in total. The van der Waals surface area contributed by atoms with E-state index in [9.17, 15) is 24.9 Å². The molecular formula is C21H16O9. The van der Waals surface area contributed by atoms with E-state index < -0.39 is 30.2 Å². The van der Waals surface area contributed by atoms with Crippen LogP contribution in [0.4, 0.5) is 0 Å². The van der Waals surface area contributed by atoms with Crippen molar-refractivity contribution in [1.29, 1.82) is 0 Å². The van der Waals surface area contributed by atoms with Gasteiger partial charge in [0.2, 0.25) is 5.76 Å². The van der Waals surface area contributed by atoms with Gasteiger partial charge in [0, 0.05) is 6.07 Å². The van der Waals surface area contributed by atoms with E-state index in [4.69, 9.17) is 19.0 Å². The van der Waals surface area contributed by atoms with Crippen molar-refractivity contribution in [3.63, 3.8) is 0 Å². The van der Waals surface area contributed by atoms with Gasteiger partial charge in [0.15, 0.2) is 11.5 Å². The van der Waals surface area contributed by atoms with Gasteiger partial charge >= 0.3 is 5.97 Å². The quantitative estimate of drug-likeness (QED) is 0.501. The fourth-order valence-corrected chi connectivity index (χ4v) is 3.02. The van der Waals surface area contributed by atoms with Gasteiger partial charge in [-0.05, 0) is 35.9 Å². The Balaban J connectivity index is 1.64. The molecule has 3 aromatic rings. The average molecular weight is 412 g/mol. The van der Waals surface area contributed by atoms with E-state index in [2.05, 4.69) is 0 Å². The highest BCUT2D eigenvalue weighted by atomic mass is 16.7. The normalized spacial score (nSPS) is 21.0. The number of aromatic hydroxyl groups is 1. The van der Waals surface area contributed by atoms with E-state index in [1.54, 1.807) is 12.1 Å². The Labute approximate surface area is 168 Å². The summed E-state index contributed by atoms with van der Waals surface area (Å²) in [4.78, 5) is 23.9. The SMILES string of the molecule is O=C(O)C1=CC(O)C(O)C(Oc2ccc3c(=O)c(-c4ccc(O)cc4)coc3c2)O1. The second kappa shape index (κ2) is 7.54. The standard InChI is InChI=1S/C21H16O9/c22-11-3-1-10(2-4-11)14-9-28-16-7-12(5-6-13(16)18(14)24)29-21-19(25)15(23)8-17(30-21)20(26)27/h1-9,15,19,21-23,25H,(H,26,27). The average Bonchev–Trinajstić information content (AvgIpc) is 2.72. The lowest BCUT2D eigenvalue weighted by molar-refractivity contribution is -0.172. The van der Waals surface area contributed by atoms with E-state index in [1.807, 2.05) is 0 Å². The molecule has 3 unspecified atom stereocenters. The summed E-state index contributed by atoms with van der Waals surface area (Å²) in [5, 5.41) is 38.5. The topological polar surface area (TPSA) is 147 Å².